The molecule has 0 atom stereocenters. The molecule has 9 nitrogen and oxygen atoms in total. The molecule has 0 N–H and O–H groups in total. The van der Waals surface area contributed by atoms with Gasteiger partial charge in [-0.3, -0.25) is 14.5 Å². The summed E-state index contributed by atoms with van der Waals surface area (Å²) in [6, 6.07) is 14.4. The third-order valence-electron chi connectivity index (χ3n) is 4.89. The third-order valence-corrected chi connectivity index (χ3v) is 4.89. The van der Waals surface area contributed by atoms with E-state index >= 15 is 0 Å². The molecule has 1 aromatic heterocycles. The van der Waals surface area contributed by atoms with Crippen molar-refractivity contribution in [3.8, 4) is 22.9 Å². The first kappa shape index (κ1) is 20.4. The Kier molecular flexibility index (Phi) is 5.83. The summed E-state index contributed by atoms with van der Waals surface area (Å²) in [6.07, 6.45) is 0. The fourth-order valence-electron chi connectivity index (χ4n) is 3.37. The zero-order valence-electron chi connectivity index (χ0n) is 17.3. The van der Waals surface area contributed by atoms with Crippen LogP contribution in [-0.2, 0) is 16.1 Å². The molecule has 2 amide bonds. The Labute approximate surface area is 179 Å². The first-order chi connectivity index (χ1) is 15.1. The number of carbonyl (C=O) groups is 2. The van der Waals surface area contributed by atoms with Crippen LogP contribution in [0.4, 0.5) is 5.69 Å². The minimum Gasteiger partial charge on any atom is -0.497 e. The molecule has 0 unspecified atom stereocenters. The maximum atomic E-state index is 12.8. The van der Waals surface area contributed by atoms with Gasteiger partial charge in [-0.2, -0.15) is 4.98 Å². The van der Waals surface area contributed by atoms with Crippen LogP contribution in [-0.4, -0.2) is 53.7 Å². The van der Waals surface area contributed by atoms with Gasteiger partial charge in [-0.05, 0) is 31.2 Å². The Balaban J connectivity index is 1.47. The van der Waals surface area contributed by atoms with E-state index in [2.05, 4.69) is 10.1 Å². The van der Waals surface area contributed by atoms with E-state index in [0.717, 1.165) is 5.56 Å². The first-order valence-corrected chi connectivity index (χ1v) is 9.90. The van der Waals surface area contributed by atoms with Crippen LogP contribution in [0.2, 0.25) is 0 Å². The van der Waals surface area contributed by atoms with Crippen LogP contribution >= 0.6 is 0 Å². The van der Waals surface area contributed by atoms with Crippen molar-refractivity contribution < 1.29 is 23.6 Å². The Morgan fingerprint density at radius 3 is 2.71 bits per heavy atom. The van der Waals surface area contributed by atoms with Gasteiger partial charge in [-0.15, -0.1) is 0 Å². The van der Waals surface area contributed by atoms with Crippen LogP contribution in [0.5, 0.6) is 11.5 Å². The van der Waals surface area contributed by atoms with Crippen LogP contribution in [0.25, 0.3) is 11.4 Å². The molecule has 9 heteroatoms. The van der Waals surface area contributed by atoms with Gasteiger partial charge < -0.3 is 18.9 Å². The van der Waals surface area contributed by atoms with Crippen molar-refractivity contribution in [1.29, 1.82) is 0 Å². The second-order valence-corrected chi connectivity index (χ2v) is 6.83. The van der Waals surface area contributed by atoms with Gasteiger partial charge in [-0.1, -0.05) is 29.4 Å². The fourth-order valence-corrected chi connectivity index (χ4v) is 3.37. The number of carbonyl (C=O) groups excluding carboxylic acids is 2. The lowest BCUT2D eigenvalue weighted by Crippen LogP contribution is -2.54. The lowest BCUT2D eigenvalue weighted by molar-refractivity contribution is -0.146. The second-order valence-electron chi connectivity index (χ2n) is 6.83. The van der Waals surface area contributed by atoms with Gasteiger partial charge in [0.25, 0.3) is 0 Å². The summed E-state index contributed by atoms with van der Waals surface area (Å²) < 4.78 is 16.1. The minimum atomic E-state index is -0.626. The van der Waals surface area contributed by atoms with Crippen molar-refractivity contribution >= 4 is 17.5 Å². The fraction of sp³-hybridized carbons (Fsp3) is 0.273. The molecule has 0 bridgehead atoms. The number of rotatable bonds is 7. The SMILES string of the molecule is CCOc1ccccc1N1CCN(Cc2nc(-c3cccc(OC)c3)no2)C(=O)C1=O. The maximum absolute atomic E-state index is 12.8. The van der Waals surface area contributed by atoms with E-state index in [1.807, 2.05) is 31.2 Å². The van der Waals surface area contributed by atoms with Crippen molar-refractivity contribution in [2.45, 2.75) is 13.5 Å². The molecule has 0 aliphatic carbocycles. The first-order valence-electron chi connectivity index (χ1n) is 9.90. The predicted octanol–water partition coefficient (Wildman–Crippen LogP) is 2.52. The van der Waals surface area contributed by atoms with Gasteiger partial charge in [0.05, 0.1) is 19.4 Å². The van der Waals surface area contributed by atoms with E-state index in [1.54, 1.807) is 31.4 Å². The van der Waals surface area contributed by atoms with E-state index in [9.17, 15) is 9.59 Å². The zero-order valence-corrected chi connectivity index (χ0v) is 17.3. The number of aromatic nitrogens is 2. The van der Waals surface area contributed by atoms with Crippen LogP contribution < -0.4 is 14.4 Å². The lowest BCUT2D eigenvalue weighted by atomic mass is 10.2. The summed E-state index contributed by atoms with van der Waals surface area (Å²) in [5.41, 5.74) is 1.31. The topological polar surface area (TPSA) is 98.0 Å². The molecular formula is C22H22N4O5. The molecule has 1 aliphatic rings. The van der Waals surface area contributed by atoms with E-state index in [1.165, 1.54) is 9.80 Å². The van der Waals surface area contributed by atoms with Crippen molar-refractivity contribution in [1.82, 2.24) is 15.0 Å². The number of benzene rings is 2. The van der Waals surface area contributed by atoms with E-state index in [4.69, 9.17) is 14.0 Å². The Morgan fingerprint density at radius 1 is 1.06 bits per heavy atom. The molecule has 0 spiro atoms. The van der Waals surface area contributed by atoms with Crippen molar-refractivity contribution in [3.05, 3.63) is 54.4 Å². The van der Waals surface area contributed by atoms with Crippen molar-refractivity contribution in [3.63, 3.8) is 0 Å². The highest BCUT2D eigenvalue weighted by molar-refractivity contribution is 6.41. The Bertz CT molecular complexity index is 1100. The minimum absolute atomic E-state index is 0.0580. The monoisotopic (exact) mass is 422 g/mol. The summed E-state index contributed by atoms with van der Waals surface area (Å²) in [4.78, 5) is 32.7. The average molecular weight is 422 g/mol. The molecule has 1 aliphatic heterocycles. The number of para-hydroxylation sites is 2. The van der Waals surface area contributed by atoms with Gasteiger partial charge >= 0.3 is 11.8 Å². The number of nitrogens with zero attached hydrogens (tertiary/aromatic N) is 4. The number of amides is 2. The highest BCUT2D eigenvalue weighted by Gasteiger charge is 2.35. The summed E-state index contributed by atoms with van der Waals surface area (Å²) in [5, 5.41) is 3.97. The van der Waals surface area contributed by atoms with Crippen LogP contribution in [0, 0.1) is 0 Å². The number of piperazine rings is 1. The quantitative estimate of drug-likeness (QED) is 0.540. The molecule has 3 aromatic rings. The average Bonchev–Trinajstić information content (AvgIpc) is 3.27. The summed E-state index contributed by atoms with van der Waals surface area (Å²) in [5.74, 6) is 0.635. The highest BCUT2D eigenvalue weighted by atomic mass is 16.5. The normalized spacial score (nSPS) is 14.1. The van der Waals surface area contributed by atoms with Gasteiger partial charge in [-0.25, -0.2) is 0 Å². The molecule has 31 heavy (non-hydrogen) atoms. The summed E-state index contributed by atoms with van der Waals surface area (Å²) in [7, 11) is 1.58. The van der Waals surface area contributed by atoms with E-state index in [0.29, 0.717) is 42.7 Å². The molecule has 2 aromatic carbocycles. The molecule has 1 fully saturated rings. The predicted molar refractivity (Wildman–Crippen MR) is 112 cm³/mol. The molecule has 1 saturated heterocycles. The number of hydrogen-bond donors (Lipinski definition) is 0. The van der Waals surface area contributed by atoms with E-state index in [-0.39, 0.29) is 12.4 Å². The smallest absolute Gasteiger partial charge is 0.316 e. The Morgan fingerprint density at radius 2 is 1.90 bits per heavy atom. The number of hydrogen-bond acceptors (Lipinski definition) is 7. The number of ether oxygens (including phenoxy) is 2. The zero-order chi connectivity index (χ0) is 21.8. The summed E-state index contributed by atoms with van der Waals surface area (Å²) >= 11 is 0. The largest absolute Gasteiger partial charge is 0.497 e. The molecule has 4 rings (SSSR count). The molecule has 2 heterocycles. The van der Waals surface area contributed by atoms with Crippen LogP contribution in [0.1, 0.15) is 12.8 Å². The van der Waals surface area contributed by atoms with Gasteiger partial charge in [0.1, 0.15) is 18.0 Å². The molecule has 160 valence electrons. The van der Waals surface area contributed by atoms with Crippen molar-refractivity contribution in [2.24, 2.45) is 0 Å². The molecule has 0 saturated carbocycles. The highest BCUT2D eigenvalue weighted by Crippen LogP contribution is 2.30. The number of methoxy groups -OCH3 is 1. The Hall–Kier alpha value is -3.88. The molecule has 0 radical (unpaired) electrons. The summed E-state index contributed by atoms with van der Waals surface area (Å²) in [6.45, 7) is 3.06. The van der Waals surface area contributed by atoms with Crippen LogP contribution in [0.3, 0.4) is 0 Å². The lowest BCUT2D eigenvalue weighted by Gasteiger charge is -2.33. The van der Waals surface area contributed by atoms with Gasteiger partial charge in [0.15, 0.2) is 0 Å². The third kappa shape index (κ3) is 4.20. The van der Waals surface area contributed by atoms with Crippen molar-refractivity contribution in [2.75, 3.05) is 31.7 Å². The standard InChI is InChI=1S/C22H22N4O5/c1-3-30-18-10-5-4-9-17(18)26-12-11-25(21(27)22(26)28)14-19-23-20(24-31-19)15-7-6-8-16(13-15)29-2/h4-10,13H,3,11-12,14H2,1-2H3. The van der Waals surface area contributed by atoms with Gasteiger partial charge in [0.2, 0.25) is 11.7 Å². The maximum Gasteiger partial charge on any atom is 0.316 e. The van der Waals surface area contributed by atoms with E-state index < -0.39 is 11.8 Å². The van der Waals surface area contributed by atoms with Crippen LogP contribution in [0.15, 0.2) is 53.1 Å². The van der Waals surface area contributed by atoms with Gasteiger partial charge in [0, 0.05) is 18.7 Å². The second kappa shape index (κ2) is 8.86. The number of anilines is 1. The molecular weight excluding hydrogens is 400 g/mol.